The summed E-state index contributed by atoms with van der Waals surface area (Å²) in [6.45, 7) is 2.09. The monoisotopic (exact) mass is 411 g/mol. The fourth-order valence-electron chi connectivity index (χ4n) is 2.78. The normalized spacial score (nSPS) is 11.8. The molecule has 0 radical (unpaired) electrons. The number of benzene rings is 3. The fraction of sp³-hybridized carbons (Fsp3) is 0.0455. The quantitative estimate of drug-likeness (QED) is 0.452. The van der Waals surface area contributed by atoms with Crippen LogP contribution in [0.4, 0.5) is 5.69 Å². The third kappa shape index (κ3) is 6.25. The minimum Gasteiger partial charge on any atom is -0.456 e. The first-order valence-corrected chi connectivity index (χ1v) is 9.90. The molecule has 0 spiro atoms. The number of halogens is 1. The molecule has 0 atom stereocenters. The van der Waals surface area contributed by atoms with Crippen LogP contribution in [0.3, 0.4) is 0 Å². The SMILES string of the molecule is Cc1ccc([NH+]=c2cc(-c3ccccc3)oc3ccccc23)cc1.[O-][Cl+3]([O-])([O-])[O-]. The van der Waals surface area contributed by atoms with Gasteiger partial charge in [0.2, 0.25) is 11.0 Å². The molecule has 1 aromatic heterocycles. The Kier molecular flexibility index (Phi) is 6.43. The number of nitrogens with one attached hydrogen (secondary N) is 1. The summed E-state index contributed by atoms with van der Waals surface area (Å²) in [6.07, 6.45) is 0. The van der Waals surface area contributed by atoms with Crippen molar-refractivity contribution in [2.24, 2.45) is 0 Å². The lowest BCUT2D eigenvalue weighted by Gasteiger charge is -2.17. The zero-order valence-electron chi connectivity index (χ0n) is 15.5. The van der Waals surface area contributed by atoms with Gasteiger partial charge < -0.3 is 4.42 Å². The first kappa shape index (κ1) is 20.7. The van der Waals surface area contributed by atoms with Gasteiger partial charge in [-0.2, -0.15) is 0 Å². The van der Waals surface area contributed by atoms with E-state index >= 15 is 0 Å². The van der Waals surface area contributed by atoms with E-state index in [0.717, 1.165) is 33.3 Å². The van der Waals surface area contributed by atoms with Crippen molar-refractivity contribution in [1.29, 1.82) is 0 Å². The van der Waals surface area contributed by atoms with Crippen LogP contribution in [0.1, 0.15) is 5.56 Å². The van der Waals surface area contributed by atoms with Crippen LogP contribution in [0.15, 0.2) is 89.3 Å². The smallest absolute Gasteiger partial charge is 0.218 e. The van der Waals surface area contributed by atoms with E-state index in [1.807, 2.05) is 36.4 Å². The van der Waals surface area contributed by atoms with E-state index in [1.165, 1.54) is 5.56 Å². The molecule has 0 saturated carbocycles. The van der Waals surface area contributed by atoms with Gasteiger partial charge >= 0.3 is 0 Å². The van der Waals surface area contributed by atoms with E-state index in [-0.39, 0.29) is 0 Å². The van der Waals surface area contributed by atoms with Gasteiger partial charge in [-0.15, -0.1) is 10.2 Å². The largest absolute Gasteiger partial charge is 0.456 e. The highest BCUT2D eigenvalue weighted by Crippen LogP contribution is 2.21. The molecule has 6 nitrogen and oxygen atoms in total. The first-order chi connectivity index (χ1) is 13.8. The molecule has 0 saturated heterocycles. The van der Waals surface area contributed by atoms with Crippen molar-refractivity contribution in [3.8, 4) is 11.3 Å². The second-order valence-corrected chi connectivity index (χ2v) is 7.01. The molecule has 0 fully saturated rings. The van der Waals surface area contributed by atoms with E-state index in [9.17, 15) is 0 Å². The summed E-state index contributed by atoms with van der Waals surface area (Å²) in [5.41, 5.74) is 4.25. The van der Waals surface area contributed by atoms with Crippen LogP contribution in [0.2, 0.25) is 0 Å². The lowest BCUT2D eigenvalue weighted by Crippen LogP contribution is -2.70. The third-order valence-electron chi connectivity index (χ3n) is 4.06. The van der Waals surface area contributed by atoms with Gasteiger partial charge in [0.15, 0.2) is 0 Å². The van der Waals surface area contributed by atoms with Gasteiger partial charge in [0.1, 0.15) is 11.3 Å². The van der Waals surface area contributed by atoms with E-state index in [1.54, 1.807) is 0 Å². The Hall–Kier alpha value is -3.00. The second kappa shape index (κ2) is 9.00. The topological polar surface area (TPSA) is 119 Å². The average molecular weight is 412 g/mol. The van der Waals surface area contributed by atoms with Crippen LogP contribution in [-0.4, -0.2) is 0 Å². The molecule has 0 aliphatic heterocycles. The second-order valence-electron chi connectivity index (χ2n) is 6.26. The van der Waals surface area contributed by atoms with Gasteiger partial charge in [-0.25, -0.2) is 23.6 Å². The molecular formula is C22H18ClNO5. The maximum Gasteiger partial charge on any atom is 0.218 e. The van der Waals surface area contributed by atoms with Crippen molar-refractivity contribution < 1.29 is 38.3 Å². The highest BCUT2D eigenvalue weighted by atomic mass is 35.7. The van der Waals surface area contributed by atoms with Crippen molar-refractivity contribution in [3.05, 3.63) is 95.8 Å². The summed E-state index contributed by atoms with van der Waals surface area (Å²) in [5.74, 6) is 0.851. The maximum absolute atomic E-state index is 8.49. The zero-order chi connectivity index (χ0) is 20.9. The summed E-state index contributed by atoms with van der Waals surface area (Å²) in [4.78, 5) is 3.52. The number of rotatable bonds is 2. The Morgan fingerprint density at radius 3 is 2.00 bits per heavy atom. The van der Waals surface area contributed by atoms with E-state index in [0.29, 0.717) is 0 Å². The number of hydrogen-bond donors (Lipinski definition) is 1. The first-order valence-electron chi connectivity index (χ1n) is 8.66. The van der Waals surface area contributed by atoms with Gasteiger partial charge in [0, 0.05) is 17.7 Å². The Morgan fingerprint density at radius 2 is 1.34 bits per heavy atom. The molecular weight excluding hydrogens is 394 g/mol. The van der Waals surface area contributed by atoms with Crippen molar-refractivity contribution in [2.75, 3.05) is 0 Å². The van der Waals surface area contributed by atoms with Crippen molar-refractivity contribution in [2.45, 2.75) is 6.92 Å². The average Bonchev–Trinajstić information content (AvgIpc) is 2.69. The predicted molar refractivity (Wildman–Crippen MR) is 96.6 cm³/mol. The summed E-state index contributed by atoms with van der Waals surface area (Å²) in [7, 11) is -4.94. The number of para-hydroxylation sites is 1. The molecule has 29 heavy (non-hydrogen) atoms. The van der Waals surface area contributed by atoms with Crippen LogP contribution >= 0.6 is 0 Å². The molecule has 148 valence electrons. The van der Waals surface area contributed by atoms with Crippen LogP contribution in [-0.2, 0) is 0 Å². The highest BCUT2D eigenvalue weighted by Gasteiger charge is 2.08. The van der Waals surface area contributed by atoms with Gasteiger partial charge in [0.25, 0.3) is 0 Å². The third-order valence-corrected chi connectivity index (χ3v) is 4.06. The maximum atomic E-state index is 8.49. The van der Waals surface area contributed by atoms with Crippen molar-refractivity contribution >= 4 is 16.7 Å². The minimum absolute atomic E-state index is 0.851. The summed E-state index contributed by atoms with van der Waals surface area (Å²) < 4.78 is 40.1. The van der Waals surface area contributed by atoms with E-state index in [2.05, 4.69) is 60.4 Å². The molecule has 0 amide bonds. The standard InChI is InChI=1S/C22H17NO.ClHO4/c1-16-11-13-18(14-12-16)23-20-15-22(17-7-3-2-4-8-17)24-21-10-6-5-9-19(20)21;2-1(3,4)5/h2-15H,1H3;(H,2,3,4,5). The number of aryl methyl sites for hydroxylation is 1. The van der Waals surface area contributed by atoms with Gasteiger partial charge in [-0.05, 0) is 19.1 Å². The van der Waals surface area contributed by atoms with Gasteiger partial charge in [0.05, 0.1) is 11.5 Å². The summed E-state index contributed by atoms with van der Waals surface area (Å²) in [5, 5.41) is 2.11. The van der Waals surface area contributed by atoms with E-state index < -0.39 is 10.2 Å². The Morgan fingerprint density at radius 1 is 0.759 bits per heavy atom. The molecule has 4 rings (SSSR count). The highest BCUT2D eigenvalue weighted by molar-refractivity contribution is 5.77. The molecule has 1 N–H and O–H groups in total. The van der Waals surface area contributed by atoms with Crippen molar-refractivity contribution in [1.82, 2.24) is 0 Å². The van der Waals surface area contributed by atoms with Gasteiger partial charge in [-0.3, -0.25) is 0 Å². The molecule has 4 aromatic rings. The zero-order valence-corrected chi connectivity index (χ0v) is 16.3. The Labute approximate surface area is 169 Å². The molecule has 0 aliphatic rings. The van der Waals surface area contributed by atoms with Crippen LogP contribution in [0.5, 0.6) is 0 Å². The number of fused-ring (bicyclic) bond motifs is 1. The molecule has 3 aromatic carbocycles. The van der Waals surface area contributed by atoms with Crippen molar-refractivity contribution in [3.63, 3.8) is 0 Å². The van der Waals surface area contributed by atoms with E-state index in [4.69, 9.17) is 23.1 Å². The lowest BCUT2D eigenvalue weighted by atomic mass is 10.1. The molecule has 0 aliphatic carbocycles. The lowest BCUT2D eigenvalue weighted by molar-refractivity contribution is -2.00. The summed E-state index contributed by atoms with van der Waals surface area (Å²) in [6, 6.07) is 28.7. The van der Waals surface area contributed by atoms with Crippen LogP contribution in [0.25, 0.3) is 22.3 Å². The molecule has 7 heteroatoms. The molecule has 0 bridgehead atoms. The van der Waals surface area contributed by atoms with Gasteiger partial charge in [-0.1, -0.05) is 60.2 Å². The Balaban J connectivity index is 0.000000431. The molecule has 0 unspecified atom stereocenters. The predicted octanol–water partition coefficient (Wildman–Crippen LogP) is -1.03. The molecule has 1 heterocycles. The Bertz CT molecular complexity index is 1140. The summed E-state index contributed by atoms with van der Waals surface area (Å²) >= 11 is 0. The fourth-order valence-corrected chi connectivity index (χ4v) is 2.78. The minimum atomic E-state index is -4.94. The van der Waals surface area contributed by atoms with Crippen LogP contribution in [0, 0.1) is 17.2 Å². The number of hydrogen-bond acceptors (Lipinski definition) is 5. The van der Waals surface area contributed by atoms with Crippen LogP contribution < -0.4 is 29.0 Å².